The van der Waals surface area contributed by atoms with Crippen molar-refractivity contribution in [3.63, 3.8) is 0 Å². The number of nitrogens with zero attached hydrogens (tertiary/aromatic N) is 2. The Morgan fingerprint density at radius 1 is 1.22 bits per heavy atom. The maximum atomic E-state index is 13.3. The lowest BCUT2D eigenvalue weighted by Gasteiger charge is -2.27. The lowest BCUT2D eigenvalue weighted by Crippen LogP contribution is -2.45. The van der Waals surface area contributed by atoms with E-state index in [0.717, 1.165) is 42.7 Å². The molecule has 0 bridgehead atoms. The summed E-state index contributed by atoms with van der Waals surface area (Å²) in [4.78, 5) is 20.2. The number of carbonyl (C=O) groups excluding carboxylic acids is 1. The molecule has 146 valence electrons. The zero-order chi connectivity index (χ0) is 18.6. The van der Waals surface area contributed by atoms with Crippen LogP contribution in [0.1, 0.15) is 25.0 Å². The van der Waals surface area contributed by atoms with E-state index in [2.05, 4.69) is 15.2 Å². The number of ether oxygens (including phenoxy) is 1. The summed E-state index contributed by atoms with van der Waals surface area (Å²) < 4.78 is 19.3. The van der Waals surface area contributed by atoms with Gasteiger partial charge in [-0.2, -0.15) is 0 Å². The van der Waals surface area contributed by atoms with Crippen LogP contribution >= 0.6 is 0 Å². The maximum Gasteiger partial charge on any atom is 0.317 e. The topological polar surface area (TPSA) is 60.6 Å². The molecule has 0 radical (unpaired) electrons. The molecule has 0 aliphatic carbocycles. The molecule has 1 aromatic carbocycles. The average molecular weight is 374 g/mol. The predicted octanol–water partition coefficient (Wildman–Crippen LogP) is 2.70. The van der Waals surface area contributed by atoms with Gasteiger partial charge < -0.3 is 24.8 Å². The number of fused-ring (bicyclic) bond motifs is 1. The maximum absolute atomic E-state index is 13.3. The van der Waals surface area contributed by atoms with Gasteiger partial charge in [0.05, 0.1) is 12.6 Å². The Balaban J connectivity index is 1.33. The molecule has 27 heavy (non-hydrogen) atoms. The second-order valence-electron chi connectivity index (χ2n) is 7.48. The number of carbonyl (C=O) groups is 1. The first-order valence-electron chi connectivity index (χ1n) is 9.81. The minimum atomic E-state index is -0.259. The van der Waals surface area contributed by atoms with Crippen LogP contribution in [0.4, 0.5) is 9.18 Å². The molecule has 7 heteroatoms. The van der Waals surface area contributed by atoms with Crippen LogP contribution in [0, 0.1) is 5.82 Å². The quantitative estimate of drug-likeness (QED) is 0.865. The fourth-order valence-corrected chi connectivity index (χ4v) is 3.98. The number of H-pyrrole nitrogens is 1. The highest BCUT2D eigenvalue weighted by atomic mass is 19.1. The molecule has 3 heterocycles. The molecule has 2 aliphatic rings. The van der Waals surface area contributed by atoms with Gasteiger partial charge in [-0.05, 0) is 56.6 Å². The average Bonchev–Trinajstić information content (AvgIpc) is 3.24. The second kappa shape index (κ2) is 8.27. The smallest absolute Gasteiger partial charge is 0.317 e. The van der Waals surface area contributed by atoms with Gasteiger partial charge in [-0.25, -0.2) is 9.18 Å². The van der Waals surface area contributed by atoms with Gasteiger partial charge in [0.1, 0.15) is 5.82 Å². The first-order chi connectivity index (χ1) is 13.2. The summed E-state index contributed by atoms with van der Waals surface area (Å²) in [5.74, 6) is -0.259. The fourth-order valence-electron chi connectivity index (χ4n) is 3.98. The Bertz CT molecular complexity index is 787. The van der Waals surface area contributed by atoms with E-state index in [0.29, 0.717) is 26.2 Å². The van der Waals surface area contributed by atoms with Gasteiger partial charge in [-0.1, -0.05) is 0 Å². The van der Waals surface area contributed by atoms with Gasteiger partial charge >= 0.3 is 6.03 Å². The Morgan fingerprint density at radius 2 is 2.07 bits per heavy atom. The van der Waals surface area contributed by atoms with Crippen LogP contribution in [-0.2, 0) is 11.3 Å². The Labute approximate surface area is 158 Å². The van der Waals surface area contributed by atoms with E-state index >= 15 is 0 Å². The minimum absolute atomic E-state index is 0.0724. The molecular weight excluding hydrogens is 347 g/mol. The summed E-state index contributed by atoms with van der Waals surface area (Å²) in [6.45, 7) is 5.59. The van der Waals surface area contributed by atoms with Crippen LogP contribution < -0.4 is 5.32 Å². The summed E-state index contributed by atoms with van der Waals surface area (Å²) in [6, 6.07) is 6.44. The molecule has 2 fully saturated rings. The first kappa shape index (κ1) is 18.3. The lowest BCUT2D eigenvalue weighted by atomic mass is 10.2. The predicted molar refractivity (Wildman–Crippen MR) is 102 cm³/mol. The van der Waals surface area contributed by atoms with Crippen LogP contribution in [0.25, 0.3) is 10.9 Å². The van der Waals surface area contributed by atoms with E-state index in [9.17, 15) is 9.18 Å². The third-order valence-corrected chi connectivity index (χ3v) is 5.37. The highest BCUT2D eigenvalue weighted by molar-refractivity contribution is 5.80. The minimum Gasteiger partial charge on any atom is -0.375 e. The highest BCUT2D eigenvalue weighted by Crippen LogP contribution is 2.17. The molecule has 0 saturated carbocycles. The van der Waals surface area contributed by atoms with Gasteiger partial charge in [-0.3, -0.25) is 0 Å². The van der Waals surface area contributed by atoms with E-state index in [4.69, 9.17) is 4.74 Å². The number of benzene rings is 1. The lowest BCUT2D eigenvalue weighted by molar-refractivity contribution is 0.0349. The first-order valence-corrected chi connectivity index (χ1v) is 9.81. The van der Waals surface area contributed by atoms with Gasteiger partial charge in [0.15, 0.2) is 0 Å². The zero-order valence-electron chi connectivity index (χ0n) is 15.5. The number of amides is 2. The van der Waals surface area contributed by atoms with E-state index < -0.39 is 0 Å². The number of nitrogens with one attached hydrogen (secondary N) is 2. The van der Waals surface area contributed by atoms with Gasteiger partial charge in [0.2, 0.25) is 0 Å². The number of hydrogen-bond acceptors (Lipinski definition) is 3. The van der Waals surface area contributed by atoms with Crippen molar-refractivity contribution in [2.75, 3.05) is 39.3 Å². The van der Waals surface area contributed by atoms with Crippen molar-refractivity contribution >= 4 is 16.9 Å². The molecule has 2 N–H and O–H groups in total. The van der Waals surface area contributed by atoms with Crippen molar-refractivity contribution in [3.8, 4) is 0 Å². The van der Waals surface area contributed by atoms with Gasteiger partial charge in [0, 0.05) is 42.8 Å². The van der Waals surface area contributed by atoms with Crippen molar-refractivity contribution in [2.45, 2.75) is 31.9 Å². The molecule has 2 aliphatic heterocycles. The normalized spacial score (nSPS) is 21.5. The number of halogens is 1. The molecular formula is C20H27FN4O2. The van der Waals surface area contributed by atoms with Crippen LogP contribution in [-0.4, -0.2) is 66.2 Å². The van der Waals surface area contributed by atoms with Crippen LogP contribution in [0.2, 0.25) is 0 Å². The number of rotatable bonds is 4. The highest BCUT2D eigenvalue weighted by Gasteiger charge is 2.25. The molecule has 0 unspecified atom stereocenters. The fraction of sp³-hybridized carbons (Fsp3) is 0.550. The Hall–Kier alpha value is -2.12. The zero-order valence-corrected chi connectivity index (χ0v) is 15.5. The number of urea groups is 1. The van der Waals surface area contributed by atoms with Crippen molar-refractivity contribution in [1.82, 2.24) is 20.1 Å². The number of hydrogen-bond donors (Lipinski definition) is 2. The summed E-state index contributed by atoms with van der Waals surface area (Å²) in [5, 5.41) is 3.79. The largest absolute Gasteiger partial charge is 0.375 e. The van der Waals surface area contributed by atoms with Gasteiger partial charge in [0.25, 0.3) is 0 Å². The summed E-state index contributed by atoms with van der Waals surface area (Å²) in [7, 11) is 0. The van der Waals surface area contributed by atoms with Crippen molar-refractivity contribution in [3.05, 3.63) is 35.8 Å². The van der Waals surface area contributed by atoms with E-state index in [1.165, 1.54) is 25.0 Å². The second-order valence-corrected chi connectivity index (χ2v) is 7.48. The van der Waals surface area contributed by atoms with Crippen molar-refractivity contribution in [2.24, 2.45) is 0 Å². The van der Waals surface area contributed by atoms with E-state index in [1.807, 2.05) is 11.0 Å². The molecule has 0 spiro atoms. The number of aromatic amines is 1. The third-order valence-electron chi connectivity index (χ3n) is 5.37. The van der Waals surface area contributed by atoms with Crippen LogP contribution in [0.3, 0.4) is 0 Å². The van der Waals surface area contributed by atoms with Crippen LogP contribution in [0.15, 0.2) is 24.3 Å². The van der Waals surface area contributed by atoms with Crippen LogP contribution in [0.5, 0.6) is 0 Å². The summed E-state index contributed by atoms with van der Waals surface area (Å²) in [5.41, 5.74) is 1.73. The molecule has 1 atom stereocenters. The van der Waals surface area contributed by atoms with Crippen molar-refractivity contribution < 1.29 is 13.9 Å². The van der Waals surface area contributed by atoms with E-state index in [1.54, 1.807) is 6.07 Å². The Kier molecular flexibility index (Phi) is 5.59. The molecule has 6 nitrogen and oxygen atoms in total. The Morgan fingerprint density at radius 3 is 2.93 bits per heavy atom. The standard InChI is InChI=1S/C20H27FN4O2/c21-16-4-5-19-15(10-16)11-17(23-19)12-22-20(26)25-8-3-9-27-18(14-25)13-24-6-1-2-7-24/h4-5,10-11,18,23H,1-3,6-9,12-14H2,(H,22,26)/t18-/m1/s1. The molecule has 2 saturated heterocycles. The third kappa shape index (κ3) is 4.59. The molecule has 4 rings (SSSR count). The van der Waals surface area contributed by atoms with Gasteiger partial charge in [-0.15, -0.1) is 0 Å². The molecule has 2 aromatic rings. The molecule has 2 amide bonds. The summed E-state index contributed by atoms with van der Waals surface area (Å²) >= 11 is 0. The summed E-state index contributed by atoms with van der Waals surface area (Å²) in [6.07, 6.45) is 3.44. The number of likely N-dealkylation sites (tertiary alicyclic amines) is 1. The van der Waals surface area contributed by atoms with Crippen molar-refractivity contribution in [1.29, 1.82) is 0 Å². The monoisotopic (exact) mass is 374 g/mol. The van der Waals surface area contributed by atoms with E-state index in [-0.39, 0.29) is 18.0 Å². The molecule has 1 aromatic heterocycles. The number of aromatic nitrogens is 1. The SMILES string of the molecule is O=C(NCc1cc2cc(F)ccc2[nH]1)N1CCCO[C@H](CN2CCCC2)C1.